The Morgan fingerprint density at radius 2 is 1.64 bits per heavy atom. The van der Waals surface area contributed by atoms with Gasteiger partial charge < -0.3 is 15.5 Å². The summed E-state index contributed by atoms with van der Waals surface area (Å²) in [4.78, 5) is 25.9. The van der Waals surface area contributed by atoms with Gasteiger partial charge in [-0.15, -0.1) is 0 Å². The van der Waals surface area contributed by atoms with Crippen molar-refractivity contribution in [3.8, 4) is 0 Å². The Hall–Kier alpha value is -2.24. The summed E-state index contributed by atoms with van der Waals surface area (Å²) in [5.41, 5.74) is 1.48. The standard InChI is InChI=1S/C18H17Cl2N3O2/c19-13-1-5-15(6-2-13)22-18(25)21-10-12-9-17(24)23(11-12)16-7-3-14(20)4-8-16/h1-8,12H,9-11H2,(H2,21,22,25). The lowest BCUT2D eigenvalue weighted by atomic mass is 10.1. The Bertz CT molecular complexity index is 763. The quantitative estimate of drug-likeness (QED) is 0.839. The van der Waals surface area contributed by atoms with Crippen molar-refractivity contribution < 1.29 is 9.59 Å². The predicted octanol–water partition coefficient (Wildman–Crippen LogP) is 4.17. The van der Waals surface area contributed by atoms with E-state index in [4.69, 9.17) is 23.2 Å². The van der Waals surface area contributed by atoms with Crippen molar-refractivity contribution in [2.45, 2.75) is 6.42 Å². The van der Waals surface area contributed by atoms with Crippen molar-refractivity contribution >= 4 is 46.5 Å². The number of anilines is 2. The van der Waals surface area contributed by atoms with Gasteiger partial charge in [-0.25, -0.2) is 4.79 Å². The van der Waals surface area contributed by atoms with E-state index in [-0.39, 0.29) is 17.9 Å². The third-order valence-corrected chi connectivity index (χ3v) is 4.50. The second-order valence-electron chi connectivity index (χ2n) is 5.89. The Morgan fingerprint density at radius 1 is 1.04 bits per heavy atom. The zero-order valence-corrected chi connectivity index (χ0v) is 14.8. The fraction of sp³-hybridized carbons (Fsp3) is 0.222. The number of nitrogens with zero attached hydrogens (tertiary/aromatic N) is 1. The highest BCUT2D eigenvalue weighted by Gasteiger charge is 2.30. The maximum atomic E-state index is 12.2. The summed E-state index contributed by atoms with van der Waals surface area (Å²) in [7, 11) is 0. The van der Waals surface area contributed by atoms with E-state index in [0.29, 0.717) is 35.2 Å². The minimum atomic E-state index is -0.306. The van der Waals surface area contributed by atoms with Gasteiger partial charge in [0.1, 0.15) is 0 Å². The number of nitrogens with one attached hydrogen (secondary N) is 2. The number of halogens is 2. The Labute approximate surface area is 155 Å². The van der Waals surface area contributed by atoms with Gasteiger partial charge in [-0.3, -0.25) is 4.79 Å². The molecule has 0 aliphatic carbocycles. The van der Waals surface area contributed by atoms with E-state index < -0.39 is 0 Å². The van der Waals surface area contributed by atoms with Crippen molar-refractivity contribution in [1.82, 2.24) is 5.32 Å². The average Bonchev–Trinajstić information content (AvgIpc) is 2.97. The topological polar surface area (TPSA) is 61.4 Å². The molecule has 5 nitrogen and oxygen atoms in total. The first kappa shape index (κ1) is 17.6. The summed E-state index contributed by atoms with van der Waals surface area (Å²) in [6.45, 7) is 0.997. The number of amides is 3. The van der Waals surface area contributed by atoms with Crippen LogP contribution < -0.4 is 15.5 Å². The molecule has 1 saturated heterocycles. The molecule has 0 radical (unpaired) electrons. The van der Waals surface area contributed by atoms with Crippen LogP contribution in [0.25, 0.3) is 0 Å². The molecule has 0 bridgehead atoms. The lowest BCUT2D eigenvalue weighted by Crippen LogP contribution is -2.34. The van der Waals surface area contributed by atoms with Gasteiger partial charge in [0.15, 0.2) is 0 Å². The van der Waals surface area contributed by atoms with E-state index in [9.17, 15) is 9.59 Å². The Balaban J connectivity index is 1.50. The first-order chi connectivity index (χ1) is 12.0. The van der Waals surface area contributed by atoms with Gasteiger partial charge in [-0.1, -0.05) is 23.2 Å². The van der Waals surface area contributed by atoms with Gasteiger partial charge in [0.05, 0.1) is 0 Å². The van der Waals surface area contributed by atoms with E-state index in [1.165, 1.54) is 0 Å². The van der Waals surface area contributed by atoms with E-state index >= 15 is 0 Å². The van der Waals surface area contributed by atoms with E-state index in [0.717, 1.165) is 5.69 Å². The fourth-order valence-electron chi connectivity index (χ4n) is 2.73. The first-order valence-electron chi connectivity index (χ1n) is 7.87. The molecule has 1 aliphatic heterocycles. The third-order valence-electron chi connectivity index (χ3n) is 4.00. The molecule has 1 heterocycles. The monoisotopic (exact) mass is 377 g/mol. The highest BCUT2D eigenvalue weighted by Crippen LogP contribution is 2.26. The molecular formula is C18H17Cl2N3O2. The molecular weight excluding hydrogens is 361 g/mol. The van der Waals surface area contributed by atoms with Crippen molar-refractivity contribution in [3.63, 3.8) is 0 Å². The van der Waals surface area contributed by atoms with Gasteiger partial charge in [0, 0.05) is 46.8 Å². The summed E-state index contributed by atoms with van der Waals surface area (Å²) in [5.74, 6) is 0.117. The van der Waals surface area contributed by atoms with Crippen LogP contribution in [0.1, 0.15) is 6.42 Å². The molecule has 1 unspecified atom stereocenters. The Morgan fingerprint density at radius 3 is 2.28 bits per heavy atom. The van der Waals surface area contributed by atoms with Gasteiger partial charge in [0.2, 0.25) is 5.91 Å². The normalized spacial score (nSPS) is 16.8. The van der Waals surface area contributed by atoms with Crippen LogP contribution in [0.4, 0.5) is 16.2 Å². The van der Waals surface area contributed by atoms with Crippen molar-refractivity contribution in [3.05, 3.63) is 58.6 Å². The molecule has 2 aromatic carbocycles. The predicted molar refractivity (Wildman–Crippen MR) is 100 cm³/mol. The van der Waals surface area contributed by atoms with Crippen LogP contribution in [0.15, 0.2) is 48.5 Å². The van der Waals surface area contributed by atoms with E-state index in [1.54, 1.807) is 41.3 Å². The molecule has 0 aromatic heterocycles. The summed E-state index contributed by atoms with van der Waals surface area (Å²) in [6.07, 6.45) is 0.407. The number of hydrogen-bond acceptors (Lipinski definition) is 2. The Kier molecular flexibility index (Phi) is 5.46. The van der Waals surface area contributed by atoms with Gasteiger partial charge in [-0.2, -0.15) is 0 Å². The van der Waals surface area contributed by atoms with Gasteiger partial charge in [0.25, 0.3) is 0 Å². The molecule has 3 rings (SSSR count). The number of carbonyl (C=O) groups excluding carboxylic acids is 2. The number of urea groups is 1. The highest BCUT2D eigenvalue weighted by molar-refractivity contribution is 6.31. The molecule has 2 N–H and O–H groups in total. The van der Waals surface area contributed by atoms with Gasteiger partial charge >= 0.3 is 6.03 Å². The summed E-state index contributed by atoms with van der Waals surface area (Å²) in [5, 5.41) is 6.78. The maximum absolute atomic E-state index is 12.2. The fourth-order valence-corrected chi connectivity index (χ4v) is 2.99. The molecule has 25 heavy (non-hydrogen) atoms. The van der Waals surface area contributed by atoms with E-state index in [1.807, 2.05) is 12.1 Å². The van der Waals surface area contributed by atoms with Crippen LogP contribution in [0.2, 0.25) is 10.0 Å². The second-order valence-corrected chi connectivity index (χ2v) is 6.77. The molecule has 2 aromatic rings. The molecule has 7 heteroatoms. The zero-order chi connectivity index (χ0) is 17.8. The lowest BCUT2D eigenvalue weighted by Gasteiger charge is -2.17. The molecule has 130 valence electrons. The van der Waals surface area contributed by atoms with Crippen molar-refractivity contribution in [1.29, 1.82) is 0 Å². The minimum Gasteiger partial charge on any atom is -0.338 e. The second kappa shape index (κ2) is 7.76. The number of benzene rings is 2. The molecule has 0 spiro atoms. The zero-order valence-electron chi connectivity index (χ0n) is 13.3. The molecule has 1 atom stereocenters. The van der Waals surface area contributed by atoms with Gasteiger partial charge in [-0.05, 0) is 48.5 Å². The molecule has 0 saturated carbocycles. The first-order valence-corrected chi connectivity index (χ1v) is 8.63. The lowest BCUT2D eigenvalue weighted by molar-refractivity contribution is -0.117. The summed E-state index contributed by atoms with van der Waals surface area (Å²) >= 11 is 11.7. The largest absolute Gasteiger partial charge is 0.338 e. The van der Waals surface area contributed by atoms with Crippen LogP contribution in [-0.4, -0.2) is 25.0 Å². The number of rotatable bonds is 4. The average molecular weight is 378 g/mol. The van der Waals surface area contributed by atoms with Crippen LogP contribution in [0.5, 0.6) is 0 Å². The van der Waals surface area contributed by atoms with Crippen LogP contribution in [0.3, 0.4) is 0 Å². The number of carbonyl (C=O) groups is 2. The highest BCUT2D eigenvalue weighted by atomic mass is 35.5. The SMILES string of the molecule is O=C(NCC1CC(=O)N(c2ccc(Cl)cc2)C1)Nc1ccc(Cl)cc1. The molecule has 1 fully saturated rings. The third kappa shape index (κ3) is 4.65. The molecule has 1 aliphatic rings. The van der Waals surface area contributed by atoms with Crippen LogP contribution in [-0.2, 0) is 4.79 Å². The van der Waals surface area contributed by atoms with E-state index in [2.05, 4.69) is 10.6 Å². The van der Waals surface area contributed by atoms with Crippen LogP contribution >= 0.6 is 23.2 Å². The van der Waals surface area contributed by atoms with Crippen LogP contribution in [0, 0.1) is 5.92 Å². The molecule has 3 amide bonds. The smallest absolute Gasteiger partial charge is 0.319 e. The maximum Gasteiger partial charge on any atom is 0.319 e. The minimum absolute atomic E-state index is 0.0484. The summed E-state index contributed by atoms with van der Waals surface area (Å²) < 4.78 is 0. The number of hydrogen-bond donors (Lipinski definition) is 2. The summed E-state index contributed by atoms with van der Waals surface area (Å²) in [6, 6.07) is 13.7. The van der Waals surface area contributed by atoms with Crippen molar-refractivity contribution in [2.24, 2.45) is 5.92 Å². The van der Waals surface area contributed by atoms with Crippen molar-refractivity contribution in [2.75, 3.05) is 23.3 Å².